The molecule has 1 unspecified atom stereocenters. The molecule has 16 nitrogen and oxygen atoms in total. The number of sulfonamides is 1. The Hall–Kier alpha value is -3.52. The normalized spacial score (nSPS) is 22.8. The number of nitrogens with zero attached hydrogens (tertiary/aromatic N) is 4. The van der Waals surface area contributed by atoms with Crippen molar-refractivity contribution in [3.05, 3.63) is 41.7 Å². The van der Waals surface area contributed by atoms with Gasteiger partial charge in [0, 0.05) is 24.6 Å². The van der Waals surface area contributed by atoms with Crippen LogP contribution in [0.15, 0.2) is 35.4 Å². The lowest BCUT2D eigenvalue weighted by molar-refractivity contribution is -0.145. The summed E-state index contributed by atoms with van der Waals surface area (Å²) in [6, 6.07) is 2.65. The second kappa shape index (κ2) is 18.2. The molecule has 4 amide bonds. The van der Waals surface area contributed by atoms with E-state index in [1.54, 1.807) is 37.4 Å². The highest BCUT2D eigenvalue weighted by atomic mass is 32.2. The Morgan fingerprint density at radius 1 is 0.982 bits per heavy atom. The highest BCUT2D eigenvalue weighted by Gasteiger charge is 2.49. The molecular formula is C38H54N8O8S3. The van der Waals surface area contributed by atoms with Gasteiger partial charge in [-0.15, -0.1) is 5.10 Å². The van der Waals surface area contributed by atoms with Crippen molar-refractivity contribution in [1.82, 2.24) is 35.2 Å². The summed E-state index contributed by atoms with van der Waals surface area (Å²) in [6.45, 7) is 3.13. The third kappa shape index (κ3) is 10.2. The Labute approximate surface area is 342 Å². The Kier molecular flexibility index (Phi) is 13.7. The van der Waals surface area contributed by atoms with Crippen LogP contribution in [-0.4, -0.2) is 116 Å². The zero-order chi connectivity index (χ0) is 41.0. The number of nitrogens with one attached hydrogen (secondary N) is 3. The number of Topliss-reactive ketones (excluding diaryl/α,β-unsaturated/α-hetero) is 1. The monoisotopic (exact) mass is 846 g/mol. The molecule has 57 heavy (non-hydrogen) atoms. The van der Waals surface area contributed by atoms with Gasteiger partial charge in [0.05, 0.1) is 22.8 Å². The third-order valence-corrected chi connectivity index (χ3v) is 15.2. The van der Waals surface area contributed by atoms with E-state index in [2.05, 4.69) is 25.7 Å². The summed E-state index contributed by atoms with van der Waals surface area (Å²) >= 11 is 3.38. The van der Waals surface area contributed by atoms with E-state index >= 15 is 0 Å². The topological polar surface area (TPSA) is 236 Å². The molecule has 6 rings (SSSR count). The van der Waals surface area contributed by atoms with Gasteiger partial charge in [0.15, 0.2) is 0 Å². The van der Waals surface area contributed by atoms with Crippen LogP contribution in [0.25, 0.3) is 0 Å². The number of likely N-dealkylation sites (tertiary alicyclic amines) is 1. The summed E-state index contributed by atoms with van der Waals surface area (Å²) in [5.74, 6) is -0.850. The average Bonchev–Trinajstić information content (AvgIpc) is 3.87. The van der Waals surface area contributed by atoms with Crippen LogP contribution in [0.2, 0.25) is 0 Å². The summed E-state index contributed by atoms with van der Waals surface area (Å²) in [7, 11) is -3.81. The van der Waals surface area contributed by atoms with Crippen molar-refractivity contribution in [2.45, 2.75) is 125 Å². The molecule has 1 aliphatic carbocycles. The van der Waals surface area contributed by atoms with Crippen molar-refractivity contribution < 1.29 is 37.5 Å². The van der Waals surface area contributed by atoms with Gasteiger partial charge in [-0.25, -0.2) is 17.8 Å². The van der Waals surface area contributed by atoms with E-state index in [9.17, 15) is 37.5 Å². The van der Waals surface area contributed by atoms with Crippen LogP contribution in [0, 0.1) is 5.92 Å². The molecule has 0 bridgehead atoms. The first-order chi connectivity index (χ1) is 27.1. The van der Waals surface area contributed by atoms with Gasteiger partial charge in [0.2, 0.25) is 27.6 Å². The van der Waals surface area contributed by atoms with Gasteiger partial charge in [0.25, 0.3) is 11.8 Å². The van der Waals surface area contributed by atoms with Crippen LogP contribution >= 0.6 is 23.5 Å². The fourth-order valence-electron chi connectivity index (χ4n) is 8.43. The number of aliphatic hydroxyl groups is 1. The number of primary amides is 1. The molecule has 1 aromatic carbocycles. The molecule has 0 spiro atoms. The predicted molar refractivity (Wildman–Crippen MR) is 216 cm³/mol. The largest absolute Gasteiger partial charge is 0.384 e. The molecule has 312 valence electrons. The van der Waals surface area contributed by atoms with Gasteiger partial charge < -0.3 is 26.4 Å². The molecule has 4 fully saturated rings. The first-order valence-corrected chi connectivity index (χ1v) is 23.6. The highest BCUT2D eigenvalue weighted by molar-refractivity contribution is 7.99. The molecule has 19 heteroatoms. The number of aromatic nitrogens is 3. The molecule has 1 saturated carbocycles. The maximum atomic E-state index is 14.9. The third-order valence-electron chi connectivity index (χ3n) is 11.6. The fraction of sp³-hybridized carbons (Fsp3) is 0.658. The van der Waals surface area contributed by atoms with Crippen LogP contribution in [0.5, 0.6) is 0 Å². The zero-order valence-corrected chi connectivity index (χ0v) is 34.9. The lowest BCUT2D eigenvalue weighted by Gasteiger charge is -2.37. The number of carbonyl (C=O) groups excluding carboxylic acids is 5. The number of hydrogen-bond acceptors (Lipinski definition) is 12. The second-order valence-corrected chi connectivity index (χ2v) is 20.4. The molecule has 6 N–H and O–H groups in total. The highest BCUT2D eigenvalue weighted by Crippen LogP contribution is 2.35. The van der Waals surface area contributed by atoms with Crippen LogP contribution in [-0.2, 0) is 34.8 Å². The summed E-state index contributed by atoms with van der Waals surface area (Å²) in [5.41, 5.74) is 3.12. The minimum absolute atomic E-state index is 0.0216. The van der Waals surface area contributed by atoms with E-state index in [1.807, 2.05) is 0 Å². The molecule has 4 aliphatic rings. The number of hydrogen-bond donors (Lipinski definition) is 5. The maximum Gasteiger partial charge on any atom is 0.287 e. The van der Waals surface area contributed by atoms with E-state index in [0.29, 0.717) is 23.6 Å². The number of amides is 4. The second-order valence-electron chi connectivity index (χ2n) is 16.2. The fourth-order valence-corrected chi connectivity index (χ4v) is 12.0. The lowest BCUT2D eigenvalue weighted by Crippen LogP contribution is -2.63. The minimum atomic E-state index is -3.81. The van der Waals surface area contributed by atoms with E-state index in [4.69, 9.17) is 5.73 Å². The van der Waals surface area contributed by atoms with Gasteiger partial charge in [0.1, 0.15) is 23.2 Å². The smallest absolute Gasteiger partial charge is 0.287 e. The number of benzene rings is 1. The molecule has 3 aliphatic heterocycles. The van der Waals surface area contributed by atoms with Crippen LogP contribution in [0.1, 0.15) is 107 Å². The SMILES string of the molecule is CC(C)(O)c1cnnn1[C@H]1C[C@@H](C(=O)NC2(C(=O)C(N)=O)CCSCC2)N(C(=O)C(CC2CCCCC2)NC(=O)c2ccc(S(=O)(=O)NC3CCSCC3)cc2)C1. The maximum absolute atomic E-state index is 14.9. The molecule has 3 saturated heterocycles. The number of thioether (sulfide) groups is 2. The lowest BCUT2D eigenvalue weighted by atomic mass is 9.84. The van der Waals surface area contributed by atoms with Crippen molar-refractivity contribution in [3.63, 3.8) is 0 Å². The first kappa shape index (κ1) is 43.1. The van der Waals surface area contributed by atoms with Gasteiger partial charge >= 0.3 is 0 Å². The number of ketones is 1. The van der Waals surface area contributed by atoms with Crippen molar-refractivity contribution in [1.29, 1.82) is 0 Å². The Bertz CT molecular complexity index is 1900. The summed E-state index contributed by atoms with van der Waals surface area (Å²) < 4.78 is 30.6. The van der Waals surface area contributed by atoms with Crippen molar-refractivity contribution >= 4 is 63.0 Å². The summed E-state index contributed by atoms with van der Waals surface area (Å²) in [5, 5.41) is 24.9. The number of nitrogens with two attached hydrogens (primary N) is 1. The van der Waals surface area contributed by atoms with Gasteiger partial charge in [-0.2, -0.15) is 23.5 Å². The van der Waals surface area contributed by atoms with E-state index < -0.39 is 68.7 Å². The van der Waals surface area contributed by atoms with Gasteiger partial charge in [-0.1, -0.05) is 37.3 Å². The Morgan fingerprint density at radius 3 is 2.26 bits per heavy atom. The van der Waals surface area contributed by atoms with E-state index in [-0.39, 0.29) is 48.2 Å². The average molecular weight is 847 g/mol. The van der Waals surface area contributed by atoms with Gasteiger partial charge in [-0.3, -0.25) is 24.0 Å². The van der Waals surface area contributed by atoms with Gasteiger partial charge in [-0.05, 0) is 99.1 Å². The standard InChI is InChI=1S/C38H54N8O8S3/c1-37(2,52)31-22-40-44-46(31)27-21-30(35(50)42-38(32(47)33(39)48)14-18-56-19-15-38)45(23-27)36(51)29(20-24-6-4-3-5-7-24)41-34(49)25-8-10-28(11-9-25)57(53,54)43-26-12-16-55-17-13-26/h8-11,22,24,26-27,29-30,43,52H,3-7,12-21,23H2,1-2H3,(H2,39,48)(H,41,49)(H,42,50)/t27-,29?,30-/m0/s1. The minimum Gasteiger partial charge on any atom is -0.384 e. The first-order valence-electron chi connectivity index (χ1n) is 19.8. The molecular weight excluding hydrogens is 793 g/mol. The summed E-state index contributed by atoms with van der Waals surface area (Å²) in [6.07, 6.45) is 8.45. The predicted octanol–water partition coefficient (Wildman–Crippen LogP) is 2.03. The number of rotatable bonds is 14. The molecule has 2 aromatic rings. The molecule has 1 aromatic heterocycles. The molecule has 4 heterocycles. The van der Waals surface area contributed by atoms with Crippen molar-refractivity contribution in [2.75, 3.05) is 29.6 Å². The van der Waals surface area contributed by atoms with E-state index in [1.165, 1.54) is 40.0 Å². The summed E-state index contributed by atoms with van der Waals surface area (Å²) in [4.78, 5) is 70.0. The number of carbonyl (C=O) groups is 5. The van der Waals surface area contributed by atoms with Crippen LogP contribution < -0.4 is 21.1 Å². The molecule has 0 radical (unpaired) electrons. The van der Waals surface area contributed by atoms with Crippen LogP contribution in [0.3, 0.4) is 0 Å². The quantitative estimate of drug-likeness (QED) is 0.172. The Balaban J connectivity index is 1.28. The zero-order valence-electron chi connectivity index (χ0n) is 32.5. The van der Waals surface area contributed by atoms with Crippen LogP contribution in [0.4, 0.5) is 0 Å². The Morgan fingerprint density at radius 2 is 1.63 bits per heavy atom. The molecule has 3 atom stereocenters. The van der Waals surface area contributed by atoms with E-state index in [0.717, 1.165) is 56.5 Å². The van der Waals surface area contributed by atoms with Crippen molar-refractivity contribution in [2.24, 2.45) is 11.7 Å². The van der Waals surface area contributed by atoms with Crippen molar-refractivity contribution in [3.8, 4) is 0 Å².